The number of rotatable bonds is 3. The molecule has 0 aliphatic heterocycles. The second kappa shape index (κ2) is 4.48. The average Bonchev–Trinajstić information content (AvgIpc) is 2.78. The molecule has 0 fully saturated rings. The van der Waals surface area contributed by atoms with Gasteiger partial charge in [-0.05, 0) is 24.3 Å². The van der Waals surface area contributed by atoms with E-state index in [9.17, 15) is 8.42 Å². The number of primary sulfonamides is 1. The topological polar surface area (TPSA) is 101 Å². The van der Waals surface area contributed by atoms with E-state index in [2.05, 4.69) is 15.0 Å². The Morgan fingerprint density at radius 3 is 2.53 bits per heavy atom. The maximum absolute atomic E-state index is 11.0. The predicted octanol–water partition coefficient (Wildman–Crippen LogP) is 0.808. The first-order valence-corrected chi connectivity index (χ1v) is 6.27. The van der Waals surface area contributed by atoms with Gasteiger partial charge in [0.15, 0.2) is 0 Å². The molecule has 0 radical (unpaired) electrons. The number of nitrogens with zero attached hydrogens (tertiary/aromatic N) is 2. The number of aliphatic imine (C=N–C) groups is 1. The number of nitrogens with two attached hydrogens (primary N) is 1. The van der Waals surface area contributed by atoms with Gasteiger partial charge in [0, 0.05) is 12.4 Å². The van der Waals surface area contributed by atoms with Crippen LogP contribution in [0.3, 0.4) is 0 Å². The van der Waals surface area contributed by atoms with Gasteiger partial charge in [-0.25, -0.2) is 18.5 Å². The summed E-state index contributed by atoms with van der Waals surface area (Å²) < 4.78 is 22.0. The first-order chi connectivity index (χ1) is 8.05. The molecule has 2 rings (SSSR count). The normalized spacial score (nSPS) is 12.1. The van der Waals surface area contributed by atoms with Crippen molar-refractivity contribution >= 4 is 21.9 Å². The number of aromatic nitrogens is 2. The molecule has 88 valence electrons. The van der Waals surface area contributed by atoms with Crippen LogP contribution in [0.25, 0.3) is 0 Å². The fourth-order valence-corrected chi connectivity index (χ4v) is 1.72. The predicted molar refractivity (Wildman–Crippen MR) is 63.7 cm³/mol. The summed E-state index contributed by atoms with van der Waals surface area (Å²) in [5.41, 5.74) is 0.619. The largest absolute Gasteiger partial charge is 0.344 e. The smallest absolute Gasteiger partial charge is 0.238 e. The molecule has 6 nitrogen and oxygen atoms in total. The van der Waals surface area contributed by atoms with Crippen LogP contribution >= 0.6 is 0 Å². The third kappa shape index (κ3) is 2.99. The minimum atomic E-state index is -3.65. The third-order valence-corrected chi connectivity index (χ3v) is 2.95. The van der Waals surface area contributed by atoms with Gasteiger partial charge in [-0.2, -0.15) is 0 Å². The summed E-state index contributed by atoms with van der Waals surface area (Å²) in [6.07, 6.45) is 4.85. The van der Waals surface area contributed by atoms with Gasteiger partial charge in [-0.15, -0.1) is 0 Å². The molecule has 0 amide bonds. The van der Waals surface area contributed by atoms with E-state index in [1.807, 2.05) is 0 Å². The molecule has 3 N–H and O–H groups in total. The Balaban J connectivity index is 2.19. The summed E-state index contributed by atoms with van der Waals surface area (Å²) >= 11 is 0. The molecular formula is C10H10N4O2S. The zero-order valence-electron chi connectivity index (χ0n) is 8.74. The van der Waals surface area contributed by atoms with Crippen LogP contribution in [-0.2, 0) is 10.0 Å². The highest BCUT2D eigenvalue weighted by molar-refractivity contribution is 7.89. The molecule has 0 aliphatic carbocycles. The lowest BCUT2D eigenvalue weighted by atomic mass is 10.3. The van der Waals surface area contributed by atoms with Gasteiger partial charge in [0.1, 0.15) is 5.82 Å². The van der Waals surface area contributed by atoms with Crippen LogP contribution in [0.15, 0.2) is 46.5 Å². The van der Waals surface area contributed by atoms with Crippen molar-refractivity contribution in [2.45, 2.75) is 4.90 Å². The second-order valence-corrected chi connectivity index (χ2v) is 4.83. The first-order valence-electron chi connectivity index (χ1n) is 4.72. The van der Waals surface area contributed by atoms with Gasteiger partial charge in [0.25, 0.3) is 0 Å². The number of H-pyrrole nitrogens is 1. The standard InChI is InChI=1S/C10H10N4O2S/c11-17(15,16)9-3-1-8(2-4-9)14-7-10-12-5-6-13-10/h1-7H,(H,12,13)(H2,11,15,16). The van der Waals surface area contributed by atoms with Gasteiger partial charge in [-0.3, -0.25) is 4.99 Å². The molecule has 17 heavy (non-hydrogen) atoms. The lowest BCUT2D eigenvalue weighted by molar-refractivity contribution is 0.598. The number of hydrogen-bond donors (Lipinski definition) is 2. The van der Waals surface area contributed by atoms with Crippen molar-refractivity contribution in [1.82, 2.24) is 9.97 Å². The Morgan fingerprint density at radius 2 is 2.00 bits per heavy atom. The van der Waals surface area contributed by atoms with Crippen molar-refractivity contribution in [3.63, 3.8) is 0 Å². The van der Waals surface area contributed by atoms with E-state index < -0.39 is 10.0 Å². The molecule has 7 heteroatoms. The van der Waals surface area contributed by atoms with Crippen molar-refractivity contribution in [1.29, 1.82) is 0 Å². The van der Waals surface area contributed by atoms with Crippen molar-refractivity contribution in [3.05, 3.63) is 42.5 Å². The number of aromatic amines is 1. The van der Waals surface area contributed by atoms with Gasteiger partial charge >= 0.3 is 0 Å². The molecule has 1 heterocycles. The van der Waals surface area contributed by atoms with E-state index >= 15 is 0 Å². The van der Waals surface area contributed by atoms with Gasteiger partial charge in [0.05, 0.1) is 16.8 Å². The Hall–Kier alpha value is -1.99. The van der Waals surface area contributed by atoms with E-state index in [0.717, 1.165) is 0 Å². The quantitative estimate of drug-likeness (QED) is 0.788. The van der Waals surface area contributed by atoms with Crippen LogP contribution in [0, 0.1) is 0 Å². The molecule has 2 aromatic rings. The fourth-order valence-electron chi connectivity index (χ4n) is 1.21. The monoisotopic (exact) mass is 250 g/mol. The average molecular weight is 250 g/mol. The highest BCUT2D eigenvalue weighted by Gasteiger charge is 2.05. The summed E-state index contributed by atoms with van der Waals surface area (Å²) in [7, 11) is -3.65. The number of hydrogen-bond acceptors (Lipinski definition) is 4. The minimum Gasteiger partial charge on any atom is -0.344 e. The lowest BCUT2D eigenvalue weighted by Gasteiger charge is -1.97. The Labute approximate surface area is 98.3 Å². The van der Waals surface area contributed by atoms with Gasteiger partial charge < -0.3 is 4.98 Å². The molecule has 1 aromatic carbocycles. The van der Waals surface area contributed by atoms with Gasteiger partial charge in [-0.1, -0.05) is 0 Å². The van der Waals surface area contributed by atoms with Crippen LogP contribution in [0.4, 0.5) is 5.69 Å². The Kier molecular flexibility index (Phi) is 3.03. The van der Waals surface area contributed by atoms with E-state index in [-0.39, 0.29) is 4.90 Å². The van der Waals surface area contributed by atoms with Crippen LogP contribution in [0.2, 0.25) is 0 Å². The van der Waals surface area contributed by atoms with Crippen LogP contribution in [0.1, 0.15) is 5.82 Å². The molecule has 0 bridgehead atoms. The Bertz CT molecular complexity index is 615. The zero-order chi connectivity index (χ0) is 12.3. The summed E-state index contributed by atoms with van der Waals surface area (Å²) in [4.78, 5) is 11.0. The van der Waals surface area contributed by atoms with E-state index in [1.165, 1.54) is 12.1 Å². The SMILES string of the molecule is NS(=O)(=O)c1ccc(N=Cc2ncc[nH]2)cc1. The van der Waals surface area contributed by atoms with E-state index in [0.29, 0.717) is 11.5 Å². The van der Waals surface area contributed by atoms with Crippen LogP contribution in [0.5, 0.6) is 0 Å². The maximum Gasteiger partial charge on any atom is 0.238 e. The summed E-state index contributed by atoms with van der Waals surface area (Å²) in [5.74, 6) is 0.625. The summed E-state index contributed by atoms with van der Waals surface area (Å²) in [6.45, 7) is 0. The van der Waals surface area contributed by atoms with Crippen molar-refractivity contribution in [2.24, 2.45) is 10.1 Å². The number of imidazole rings is 1. The second-order valence-electron chi connectivity index (χ2n) is 3.27. The van der Waals surface area contributed by atoms with E-state index in [1.54, 1.807) is 30.7 Å². The summed E-state index contributed by atoms with van der Waals surface area (Å²) in [5, 5.41) is 4.98. The molecule has 0 spiro atoms. The molecule has 1 aromatic heterocycles. The Morgan fingerprint density at radius 1 is 1.29 bits per heavy atom. The van der Waals surface area contributed by atoms with E-state index in [4.69, 9.17) is 5.14 Å². The van der Waals surface area contributed by atoms with Crippen molar-refractivity contribution < 1.29 is 8.42 Å². The first kappa shape index (κ1) is 11.5. The molecule has 0 aliphatic rings. The molecular weight excluding hydrogens is 240 g/mol. The molecule has 0 saturated heterocycles. The lowest BCUT2D eigenvalue weighted by Crippen LogP contribution is -2.11. The minimum absolute atomic E-state index is 0.0643. The maximum atomic E-state index is 11.0. The molecule has 0 atom stereocenters. The fraction of sp³-hybridized carbons (Fsp3) is 0. The summed E-state index contributed by atoms with van der Waals surface area (Å²) in [6, 6.07) is 5.95. The zero-order valence-corrected chi connectivity index (χ0v) is 9.55. The van der Waals surface area contributed by atoms with Crippen molar-refractivity contribution in [2.75, 3.05) is 0 Å². The number of nitrogens with one attached hydrogen (secondary N) is 1. The third-order valence-electron chi connectivity index (χ3n) is 2.02. The number of sulfonamides is 1. The molecule has 0 saturated carbocycles. The van der Waals surface area contributed by atoms with Gasteiger partial charge in [0.2, 0.25) is 10.0 Å². The highest BCUT2D eigenvalue weighted by atomic mass is 32.2. The molecule has 0 unspecified atom stereocenters. The number of benzene rings is 1. The highest BCUT2D eigenvalue weighted by Crippen LogP contribution is 2.15. The van der Waals surface area contributed by atoms with Crippen LogP contribution < -0.4 is 5.14 Å². The van der Waals surface area contributed by atoms with Crippen LogP contribution in [-0.4, -0.2) is 24.6 Å². The van der Waals surface area contributed by atoms with Crippen molar-refractivity contribution in [3.8, 4) is 0 Å².